The fraction of sp³-hybridized carbons (Fsp3) is 0.0385. The van der Waals surface area contributed by atoms with E-state index in [2.05, 4.69) is 25.3 Å². The Kier molecular flexibility index (Phi) is 5.98. The van der Waals surface area contributed by atoms with Crippen molar-refractivity contribution < 1.29 is 18.8 Å². The summed E-state index contributed by atoms with van der Waals surface area (Å²) < 4.78 is 9.86. The summed E-state index contributed by atoms with van der Waals surface area (Å²) in [5.74, 6) is 5.43. The van der Waals surface area contributed by atoms with Crippen molar-refractivity contribution in [3.63, 3.8) is 0 Å². The van der Waals surface area contributed by atoms with Crippen molar-refractivity contribution in [1.29, 1.82) is 0 Å². The highest BCUT2D eigenvalue weighted by atomic mass is 16.5. The molecule has 2 aromatic carbocycles. The Morgan fingerprint density at radius 1 is 0.943 bits per heavy atom. The second-order valence-electron chi connectivity index (χ2n) is 7.66. The van der Waals surface area contributed by atoms with E-state index in [4.69, 9.17) is 10.4 Å². The van der Waals surface area contributed by atoms with Gasteiger partial charge in [-0.2, -0.15) is 0 Å². The number of nitrogens with two attached hydrogens (primary N) is 1. The molecule has 0 unspecified atom stereocenters. The highest BCUT2D eigenvalue weighted by Gasteiger charge is 2.14. The van der Waals surface area contributed by atoms with Crippen LogP contribution < -0.4 is 11.3 Å². The monoisotopic (exact) mass is 465 g/mol. The number of nitrogens with zero attached hydrogens (tertiary/aromatic N) is 3. The average Bonchev–Trinajstić information content (AvgIpc) is 3.40. The first-order valence-corrected chi connectivity index (χ1v) is 10.6. The molecule has 3 aromatic heterocycles. The van der Waals surface area contributed by atoms with E-state index in [-0.39, 0.29) is 6.61 Å². The van der Waals surface area contributed by atoms with Crippen LogP contribution >= 0.6 is 0 Å². The summed E-state index contributed by atoms with van der Waals surface area (Å²) in [6.07, 6.45) is 3.23. The largest absolute Gasteiger partial charge is 0.460 e. The Labute approximate surface area is 199 Å². The van der Waals surface area contributed by atoms with Gasteiger partial charge < -0.3 is 9.26 Å². The van der Waals surface area contributed by atoms with Crippen molar-refractivity contribution in [2.45, 2.75) is 6.61 Å². The maximum absolute atomic E-state index is 12.3. The lowest BCUT2D eigenvalue weighted by Gasteiger charge is -2.09. The van der Waals surface area contributed by atoms with Crippen LogP contribution in [-0.4, -0.2) is 27.5 Å². The third kappa shape index (κ3) is 4.48. The maximum atomic E-state index is 12.3. The number of nitrogens with one attached hydrogen (secondary N) is 1. The Morgan fingerprint density at radius 3 is 2.26 bits per heavy atom. The van der Waals surface area contributed by atoms with Crippen LogP contribution in [0.15, 0.2) is 83.6 Å². The molecule has 35 heavy (non-hydrogen) atoms. The Hall–Kier alpha value is -4.89. The van der Waals surface area contributed by atoms with Crippen LogP contribution in [0.2, 0.25) is 0 Å². The van der Waals surface area contributed by atoms with Gasteiger partial charge in [-0.3, -0.25) is 20.0 Å². The summed E-state index contributed by atoms with van der Waals surface area (Å²) in [6.45, 7) is 0.411. The highest BCUT2D eigenvalue weighted by molar-refractivity contribution is 6.06. The van der Waals surface area contributed by atoms with E-state index >= 15 is 0 Å². The standard InChI is InChI=1S/C26H19N5O4/c27-30-26(33)21-12-24(29-23-9-10-28-13-22(21)23)18-5-1-16(2-6-18)17-3-7-19(8-4-17)25-11-20(35-31-25)14-34-15-32/h1-13,15H,14,27H2,(H,30,33). The number of hydrazine groups is 1. The van der Waals surface area contributed by atoms with Gasteiger partial charge in [0.15, 0.2) is 12.4 Å². The van der Waals surface area contributed by atoms with Crippen molar-refractivity contribution in [3.8, 4) is 33.6 Å². The summed E-state index contributed by atoms with van der Waals surface area (Å²) in [6, 6.07) is 21.0. The van der Waals surface area contributed by atoms with E-state index in [1.807, 2.05) is 48.5 Å². The summed E-state index contributed by atoms with van der Waals surface area (Å²) >= 11 is 0. The minimum absolute atomic E-state index is 0.0439. The number of carbonyl (C=O) groups excluding carboxylic acids is 2. The molecule has 0 aliphatic carbocycles. The number of nitrogen functional groups attached to an aromatic ring is 1. The van der Waals surface area contributed by atoms with E-state index < -0.39 is 5.91 Å². The molecule has 0 aliphatic heterocycles. The molecule has 9 nitrogen and oxygen atoms in total. The molecule has 0 saturated carbocycles. The highest BCUT2D eigenvalue weighted by Crippen LogP contribution is 2.29. The second-order valence-corrected chi connectivity index (χ2v) is 7.66. The van der Waals surface area contributed by atoms with Crippen LogP contribution in [0.25, 0.3) is 44.5 Å². The lowest BCUT2D eigenvalue weighted by Crippen LogP contribution is -2.30. The van der Waals surface area contributed by atoms with Gasteiger partial charge in [0.2, 0.25) is 0 Å². The molecule has 3 N–H and O–H groups in total. The molecule has 5 aromatic rings. The summed E-state index contributed by atoms with van der Waals surface area (Å²) in [5, 5.41) is 4.65. The van der Waals surface area contributed by atoms with Crippen molar-refractivity contribution in [2.24, 2.45) is 5.84 Å². The normalized spacial score (nSPS) is 10.8. The first-order valence-electron chi connectivity index (χ1n) is 10.6. The van der Waals surface area contributed by atoms with E-state index in [9.17, 15) is 9.59 Å². The predicted molar refractivity (Wildman–Crippen MR) is 128 cm³/mol. The summed E-state index contributed by atoms with van der Waals surface area (Å²) in [5.41, 5.74) is 8.35. The van der Waals surface area contributed by atoms with E-state index in [0.717, 1.165) is 22.3 Å². The number of ether oxygens (including phenoxy) is 1. The number of hydrogen-bond acceptors (Lipinski definition) is 8. The number of pyridine rings is 2. The Bertz CT molecular complexity index is 1510. The zero-order valence-electron chi connectivity index (χ0n) is 18.3. The van der Waals surface area contributed by atoms with Gasteiger partial charge in [0.1, 0.15) is 5.69 Å². The lowest BCUT2D eigenvalue weighted by molar-refractivity contribution is -0.130. The van der Waals surface area contributed by atoms with Gasteiger partial charge in [-0.05, 0) is 23.3 Å². The smallest absolute Gasteiger partial charge is 0.293 e. The molecular formula is C26H19N5O4. The Balaban J connectivity index is 1.40. The van der Waals surface area contributed by atoms with Crippen LogP contribution in [-0.2, 0) is 16.1 Å². The zero-order valence-corrected chi connectivity index (χ0v) is 18.3. The van der Waals surface area contributed by atoms with Gasteiger partial charge in [-0.15, -0.1) is 0 Å². The second kappa shape index (κ2) is 9.54. The molecule has 0 spiro atoms. The molecule has 9 heteroatoms. The van der Waals surface area contributed by atoms with Crippen LogP contribution in [0, 0.1) is 0 Å². The van der Waals surface area contributed by atoms with Crippen molar-refractivity contribution in [2.75, 3.05) is 0 Å². The molecule has 1 amide bonds. The molecule has 0 radical (unpaired) electrons. The first-order chi connectivity index (χ1) is 17.2. The molecule has 172 valence electrons. The van der Waals surface area contributed by atoms with Gasteiger partial charge in [0.25, 0.3) is 12.4 Å². The van der Waals surface area contributed by atoms with E-state index in [1.165, 1.54) is 0 Å². The van der Waals surface area contributed by atoms with Crippen molar-refractivity contribution in [3.05, 3.63) is 90.4 Å². The fourth-order valence-electron chi connectivity index (χ4n) is 3.78. The summed E-state index contributed by atoms with van der Waals surface area (Å²) in [7, 11) is 0. The van der Waals surface area contributed by atoms with Gasteiger partial charge in [0.05, 0.1) is 16.8 Å². The molecule has 0 aliphatic rings. The summed E-state index contributed by atoms with van der Waals surface area (Å²) in [4.78, 5) is 31.4. The number of benzene rings is 2. The molecule has 5 rings (SSSR count). The molecule has 0 bridgehead atoms. The number of carbonyl (C=O) groups is 2. The average molecular weight is 465 g/mol. The quantitative estimate of drug-likeness (QED) is 0.160. The number of rotatable bonds is 7. The number of fused-ring (bicyclic) bond motifs is 1. The van der Waals surface area contributed by atoms with Crippen LogP contribution in [0.1, 0.15) is 16.1 Å². The number of hydrogen-bond donors (Lipinski definition) is 2. The SMILES string of the molecule is NNC(=O)c1cc(-c2ccc(-c3ccc(-c4cc(COC=O)on4)cc3)cc2)nc2ccncc12. The molecule has 3 heterocycles. The minimum Gasteiger partial charge on any atom is -0.460 e. The maximum Gasteiger partial charge on any atom is 0.293 e. The third-order valence-electron chi connectivity index (χ3n) is 5.53. The molecular weight excluding hydrogens is 446 g/mol. The topological polar surface area (TPSA) is 133 Å². The zero-order chi connectivity index (χ0) is 24.2. The van der Waals surface area contributed by atoms with Crippen LogP contribution in [0.5, 0.6) is 0 Å². The fourth-order valence-corrected chi connectivity index (χ4v) is 3.78. The van der Waals surface area contributed by atoms with Gasteiger partial charge in [-0.1, -0.05) is 53.7 Å². The molecule has 0 saturated heterocycles. The number of amides is 1. The third-order valence-corrected chi connectivity index (χ3v) is 5.53. The minimum atomic E-state index is -0.404. The van der Waals surface area contributed by atoms with E-state index in [1.54, 1.807) is 30.6 Å². The van der Waals surface area contributed by atoms with Gasteiger partial charge in [0, 0.05) is 35.0 Å². The van der Waals surface area contributed by atoms with E-state index in [0.29, 0.717) is 40.1 Å². The number of aromatic nitrogens is 3. The molecule has 0 fully saturated rings. The predicted octanol–water partition coefficient (Wildman–Crippen LogP) is 3.90. The van der Waals surface area contributed by atoms with Gasteiger partial charge >= 0.3 is 0 Å². The van der Waals surface area contributed by atoms with Crippen molar-refractivity contribution in [1.82, 2.24) is 20.6 Å². The van der Waals surface area contributed by atoms with Crippen LogP contribution in [0.4, 0.5) is 0 Å². The lowest BCUT2D eigenvalue weighted by atomic mass is 9.99. The molecule has 0 atom stereocenters. The van der Waals surface area contributed by atoms with Crippen molar-refractivity contribution >= 4 is 23.3 Å². The first kappa shape index (κ1) is 21.9. The Morgan fingerprint density at radius 2 is 1.60 bits per heavy atom. The van der Waals surface area contributed by atoms with Crippen LogP contribution in [0.3, 0.4) is 0 Å². The van der Waals surface area contributed by atoms with Gasteiger partial charge in [-0.25, -0.2) is 10.8 Å².